The van der Waals surface area contributed by atoms with Crippen LogP contribution < -0.4 is 0 Å². The van der Waals surface area contributed by atoms with E-state index in [1.165, 1.54) is 16.7 Å². The lowest BCUT2D eigenvalue weighted by Gasteiger charge is -2.35. The third-order valence-electron chi connectivity index (χ3n) is 6.47. The van der Waals surface area contributed by atoms with E-state index < -0.39 is 0 Å². The zero-order valence-corrected chi connectivity index (χ0v) is 20.9. The van der Waals surface area contributed by atoms with Gasteiger partial charge in [-0.15, -0.1) is 0 Å². The fourth-order valence-electron chi connectivity index (χ4n) is 4.68. The molecule has 3 aromatic carbocycles. The molecule has 4 atom stereocenters. The Kier molecular flexibility index (Phi) is 9.59. The van der Waals surface area contributed by atoms with E-state index in [1.54, 1.807) is 0 Å². The Balaban J connectivity index is 1.34. The predicted molar refractivity (Wildman–Crippen MR) is 140 cm³/mol. The van der Waals surface area contributed by atoms with Crippen molar-refractivity contribution in [3.05, 3.63) is 108 Å². The van der Waals surface area contributed by atoms with Gasteiger partial charge < -0.3 is 9.47 Å². The molecule has 1 heterocycles. The maximum atomic E-state index is 6.60. The highest BCUT2D eigenvalue weighted by Gasteiger charge is 2.30. The van der Waals surface area contributed by atoms with E-state index >= 15 is 0 Å². The molecule has 1 aliphatic rings. The first-order valence-electron chi connectivity index (χ1n) is 12.3. The molecule has 1 saturated heterocycles. The highest BCUT2D eigenvalue weighted by molar-refractivity contribution is 9.09. The van der Waals surface area contributed by atoms with E-state index in [1.807, 2.05) is 0 Å². The predicted octanol–water partition coefficient (Wildman–Crippen LogP) is 7.54. The van der Waals surface area contributed by atoms with Gasteiger partial charge in [-0.05, 0) is 61.6 Å². The van der Waals surface area contributed by atoms with Gasteiger partial charge in [0.1, 0.15) is 0 Å². The number of hydrogen-bond acceptors (Lipinski definition) is 2. The van der Waals surface area contributed by atoms with Crippen molar-refractivity contribution in [3.63, 3.8) is 0 Å². The summed E-state index contributed by atoms with van der Waals surface area (Å²) >= 11 is 3.92. The van der Waals surface area contributed by atoms with Crippen LogP contribution in [-0.4, -0.2) is 23.1 Å². The minimum absolute atomic E-state index is 0.183. The SMILES string of the molecule is Br[C@H]1C[C@@H](CC(CCc2ccccc2)OCc2ccccc2)O[C@@H](CCc2ccccc2)C1. The minimum atomic E-state index is 0.183. The molecule has 33 heavy (non-hydrogen) atoms. The van der Waals surface area contributed by atoms with Crippen molar-refractivity contribution in [2.24, 2.45) is 0 Å². The lowest BCUT2D eigenvalue weighted by Crippen LogP contribution is -2.36. The highest BCUT2D eigenvalue weighted by atomic mass is 79.9. The van der Waals surface area contributed by atoms with Crippen LogP contribution in [0, 0.1) is 0 Å². The normalized spacial score (nSPS) is 21.5. The topological polar surface area (TPSA) is 18.5 Å². The van der Waals surface area contributed by atoms with Gasteiger partial charge in [-0.1, -0.05) is 107 Å². The Hall–Kier alpha value is -1.94. The monoisotopic (exact) mass is 506 g/mol. The number of halogens is 1. The summed E-state index contributed by atoms with van der Waals surface area (Å²) < 4.78 is 13.1. The molecule has 0 aliphatic carbocycles. The molecule has 0 aromatic heterocycles. The second-order valence-electron chi connectivity index (χ2n) is 9.15. The molecule has 1 fully saturated rings. The first-order valence-corrected chi connectivity index (χ1v) is 13.2. The zero-order valence-electron chi connectivity index (χ0n) is 19.3. The van der Waals surface area contributed by atoms with Crippen LogP contribution in [0.25, 0.3) is 0 Å². The molecular formula is C30H35BrO2. The molecule has 0 spiro atoms. The van der Waals surface area contributed by atoms with E-state index in [4.69, 9.17) is 9.47 Å². The molecule has 3 heteroatoms. The van der Waals surface area contributed by atoms with Gasteiger partial charge in [-0.25, -0.2) is 0 Å². The van der Waals surface area contributed by atoms with Crippen LogP contribution >= 0.6 is 15.9 Å². The van der Waals surface area contributed by atoms with Gasteiger partial charge in [0, 0.05) is 4.83 Å². The molecule has 2 nitrogen and oxygen atoms in total. The van der Waals surface area contributed by atoms with Crippen LogP contribution in [0.4, 0.5) is 0 Å². The van der Waals surface area contributed by atoms with Gasteiger partial charge in [0.2, 0.25) is 0 Å². The van der Waals surface area contributed by atoms with Crippen molar-refractivity contribution in [1.29, 1.82) is 0 Å². The Labute approximate surface area is 207 Å². The average molecular weight is 508 g/mol. The van der Waals surface area contributed by atoms with E-state index in [-0.39, 0.29) is 12.2 Å². The molecule has 4 rings (SSSR count). The van der Waals surface area contributed by atoms with Gasteiger partial charge in [0.25, 0.3) is 0 Å². The number of benzene rings is 3. The van der Waals surface area contributed by atoms with Crippen molar-refractivity contribution >= 4 is 15.9 Å². The van der Waals surface area contributed by atoms with Crippen molar-refractivity contribution in [2.75, 3.05) is 0 Å². The summed E-state index contributed by atoms with van der Waals surface area (Å²) in [4.78, 5) is 0.515. The third kappa shape index (κ3) is 8.41. The molecule has 174 valence electrons. The quantitative estimate of drug-likeness (QED) is 0.250. The largest absolute Gasteiger partial charge is 0.375 e. The number of rotatable bonds is 11. The smallest absolute Gasteiger partial charge is 0.0720 e. The van der Waals surface area contributed by atoms with Crippen LogP contribution in [0.1, 0.15) is 48.8 Å². The number of hydrogen-bond donors (Lipinski definition) is 0. The number of aryl methyl sites for hydroxylation is 2. The van der Waals surface area contributed by atoms with Gasteiger partial charge in [-0.3, -0.25) is 0 Å². The summed E-state index contributed by atoms with van der Waals surface area (Å²) in [6.07, 6.45) is 7.99. The van der Waals surface area contributed by atoms with Gasteiger partial charge in [0.05, 0.1) is 24.9 Å². The van der Waals surface area contributed by atoms with E-state index in [0.717, 1.165) is 44.9 Å². The Bertz CT molecular complexity index is 872. The fraction of sp³-hybridized carbons (Fsp3) is 0.400. The lowest BCUT2D eigenvalue weighted by atomic mass is 9.94. The van der Waals surface area contributed by atoms with E-state index in [9.17, 15) is 0 Å². The Morgan fingerprint density at radius 3 is 1.91 bits per heavy atom. The molecule has 0 saturated carbocycles. The highest BCUT2D eigenvalue weighted by Crippen LogP contribution is 2.31. The average Bonchev–Trinajstić information content (AvgIpc) is 2.86. The maximum Gasteiger partial charge on any atom is 0.0720 e. The second-order valence-corrected chi connectivity index (χ2v) is 10.4. The maximum absolute atomic E-state index is 6.60. The molecule has 0 N–H and O–H groups in total. The fourth-order valence-corrected chi connectivity index (χ4v) is 5.52. The first kappa shape index (κ1) is 24.2. The summed E-state index contributed by atoms with van der Waals surface area (Å²) in [5.74, 6) is 0. The lowest BCUT2D eigenvalue weighted by molar-refractivity contribution is -0.0816. The standard InChI is InChI=1S/C30H35BrO2/c31-27-20-29(19-17-25-12-6-2-7-13-25)33-30(21-27)22-28(18-16-24-10-4-1-5-11-24)32-23-26-14-8-3-9-15-26/h1-15,27-30H,16-23H2/t27-,28?,29+,30+/m1/s1. The van der Waals surface area contributed by atoms with Gasteiger partial charge in [0.15, 0.2) is 0 Å². The van der Waals surface area contributed by atoms with Crippen LogP contribution in [0.5, 0.6) is 0 Å². The first-order chi connectivity index (χ1) is 16.2. The summed E-state index contributed by atoms with van der Waals surface area (Å²) in [6.45, 7) is 0.655. The minimum Gasteiger partial charge on any atom is -0.375 e. The van der Waals surface area contributed by atoms with Crippen molar-refractivity contribution in [3.8, 4) is 0 Å². The van der Waals surface area contributed by atoms with Crippen molar-refractivity contribution in [2.45, 2.75) is 74.7 Å². The number of ether oxygens (including phenoxy) is 2. The zero-order chi connectivity index (χ0) is 22.7. The van der Waals surface area contributed by atoms with Crippen LogP contribution in [0.15, 0.2) is 91.0 Å². The summed E-state index contributed by atoms with van der Waals surface area (Å²) in [7, 11) is 0. The van der Waals surface area contributed by atoms with Crippen molar-refractivity contribution in [1.82, 2.24) is 0 Å². The summed E-state index contributed by atoms with van der Waals surface area (Å²) in [5.41, 5.74) is 3.99. The van der Waals surface area contributed by atoms with Crippen LogP contribution in [-0.2, 0) is 28.9 Å². The second kappa shape index (κ2) is 13.1. The van der Waals surface area contributed by atoms with Gasteiger partial charge >= 0.3 is 0 Å². The Morgan fingerprint density at radius 1 is 0.727 bits per heavy atom. The molecule has 1 aliphatic heterocycles. The molecular weight excluding hydrogens is 472 g/mol. The van der Waals surface area contributed by atoms with Gasteiger partial charge in [-0.2, -0.15) is 0 Å². The summed E-state index contributed by atoms with van der Waals surface area (Å²) in [6, 6.07) is 32.0. The molecule has 0 amide bonds. The van der Waals surface area contributed by atoms with Crippen LogP contribution in [0.2, 0.25) is 0 Å². The third-order valence-corrected chi connectivity index (χ3v) is 7.22. The molecule has 0 bridgehead atoms. The number of alkyl halides is 1. The molecule has 3 aromatic rings. The van der Waals surface area contributed by atoms with E-state index in [0.29, 0.717) is 17.5 Å². The Morgan fingerprint density at radius 2 is 1.27 bits per heavy atom. The van der Waals surface area contributed by atoms with Crippen molar-refractivity contribution < 1.29 is 9.47 Å². The summed E-state index contributed by atoms with van der Waals surface area (Å²) in [5, 5.41) is 0. The molecule has 1 unspecified atom stereocenters. The molecule has 0 radical (unpaired) electrons. The van der Waals surface area contributed by atoms with E-state index in [2.05, 4.69) is 107 Å². The van der Waals surface area contributed by atoms with Crippen LogP contribution in [0.3, 0.4) is 0 Å².